The summed E-state index contributed by atoms with van der Waals surface area (Å²) < 4.78 is 131. The number of benzene rings is 4. The molecule has 2 amide bonds. The number of carbonyl (C=O) groups excluding carboxylic acids is 4. The van der Waals surface area contributed by atoms with Gasteiger partial charge in [-0.05, 0) is 97.1 Å². The number of hydrogen-bond donors (Lipinski definition) is 0. The molecule has 0 spiro atoms. The first kappa shape index (κ1) is 58.8. The number of azo groups is 2. The molecule has 0 bridgehead atoms. The van der Waals surface area contributed by atoms with Crippen LogP contribution in [0.5, 0.6) is 0 Å². The maximum atomic E-state index is 12.6. The smallest absolute Gasteiger partial charge is 0.744 e. The van der Waals surface area contributed by atoms with Crippen molar-refractivity contribution in [2.24, 2.45) is 30.7 Å². The van der Waals surface area contributed by atoms with Crippen molar-refractivity contribution in [1.82, 2.24) is 0 Å². The van der Waals surface area contributed by atoms with E-state index in [4.69, 9.17) is 0 Å². The van der Waals surface area contributed by atoms with Gasteiger partial charge in [-0.1, -0.05) is 0 Å². The first-order valence-corrected chi connectivity index (χ1v) is 21.7. The second kappa shape index (κ2) is 23.8. The van der Waals surface area contributed by atoms with Gasteiger partial charge in [0.15, 0.2) is 12.1 Å². The van der Waals surface area contributed by atoms with Crippen molar-refractivity contribution in [1.29, 1.82) is 0 Å². The Morgan fingerprint density at radius 1 is 0.446 bits per heavy atom. The normalized spacial score (nSPS) is 16.4. The van der Waals surface area contributed by atoms with Crippen LogP contribution in [-0.2, 0) is 59.7 Å². The van der Waals surface area contributed by atoms with Crippen LogP contribution in [0.25, 0.3) is 0 Å². The van der Waals surface area contributed by atoms with Gasteiger partial charge in [0, 0.05) is 0 Å². The van der Waals surface area contributed by atoms with Gasteiger partial charge in [-0.15, -0.1) is 0 Å². The Kier molecular flexibility index (Phi) is 21.5. The zero-order valence-corrected chi connectivity index (χ0v) is 48.7. The second-order valence-electron chi connectivity index (χ2n) is 11.9. The fourth-order valence-electron chi connectivity index (χ4n) is 4.89. The van der Waals surface area contributed by atoms with Crippen LogP contribution in [0.4, 0.5) is 22.7 Å². The molecule has 0 saturated carbocycles. The summed E-state index contributed by atoms with van der Waals surface area (Å²) in [6.07, 6.45) is 0. The van der Waals surface area contributed by atoms with Gasteiger partial charge in [0.2, 0.25) is 0 Å². The summed E-state index contributed by atoms with van der Waals surface area (Å²) >= 11 is 0. The molecule has 65 heavy (non-hydrogen) atoms. The Morgan fingerprint density at radius 2 is 0.677 bits per heavy atom. The van der Waals surface area contributed by atoms with E-state index in [2.05, 4.69) is 30.7 Å². The number of hydrogen-bond acceptors (Lipinski definition) is 24. The summed E-state index contributed by atoms with van der Waals surface area (Å²) in [5.41, 5.74) is -1.62. The SMILES string of the molecule is O=C([O-])C1=NN(c2ccc(S(=O)(=O)[O-])cc2)C(=O)C1N=Nc1ccc(S(=O)(=O)[O-])cc1.O=C([O-])C1=NN(c2ccc(S(=O)(=O)[O-])cc2)C(=O)C1N=Nc1ccc(S(=O)(=O)[O-])cc1.[Ba+2].[Ba+2].[Ba+2]. The van der Waals surface area contributed by atoms with Gasteiger partial charge in [0.05, 0.1) is 54.3 Å². The fraction of sp³-hybridized carbons (Fsp3) is 0.0625. The topological polar surface area (TPSA) is 424 Å². The predicted molar refractivity (Wildman–Crippen MR) is 211 cm³/mol. The Bertz CT molecular complexity index is 2860. The summed E-state index contributed by atoms with van der Waals surface area (Å²) in [7, 11) is -18.8. The van der Waals surface area contributed by atoms with Crippen LogP contribution in [-0.4, -0.2) is 246 Å². The number of nitrogens with zero attached hydrogens (tertiary/aromatic N) is 8. The third kappa shape index (κ3) is 15.3. The molecule has 0 aromatic heterocycles. The van der Waals surface area contributed by atoms with Gasteiger partial charge in [-0.25, -0.2) is 33.7 Å². The van der Waals surface area contributed by atoms with E-state index >= 15 is 0 Å². The molecule has 0 aliphatic carbocycles. The number of anilines is 2. The van der Waals surface area contributed by atoms with Crippen molar-refractivity contribution in [3.63, 3.8) is 0 Å². The zero-order valence-electron chi connectivity index (χ0n) is 32.1. The molecule has 0 saturated heterocycles. The maximum Gasteiger partial charge on any atom is 2.00 e. The maximum absolute atomic E-state index is 12.6. The van der Waals surface area contributed by atoms with Crippen LogP contribution in [0.1, 0.15) is 0 Å². The van der Waals surface area contributed by atoms with Crippen molar-refractivity contribution in [2.75, 3.05) is 10.0 Å². The molecule has 0 radical (unpaired) electrons. The minimum atomic E-state index is -4.73. The predicted octanol–water partition coefficient (Wildman–Crippen LogP) is -2.94. The molecule has 4 aromatic carbocycles. The van der Waals surface area contributed by atoms with Crippen molar-refractivity contribution in [2.45, 2.75) is 31.7 Å². The molecular formula is C32H18Ba3N8O18S4. The van der Waals surface area contributed by atoms with Crippen LogP contribution in [0.3, 0.4) is 0 Å². The molecule has 2 unspecified atom stereocenters. The molecule has 0 N–H and O–H groups in total. The molecule has 26 nitrogen and oxygen atoms in total. The molecule has 33 heteroatoms. The number of rotatable bonds is 12. The summed E-state index contributed by atoms with van der Waals surface area (Å²) in [6.45, 7) is 0. The van der Waals surface area contributed by atoms with Gasteiger partial charge in [0.25, 0.3) is 11.8 Å². The molecule has 6 rings (SSSR count). The van der Waals surface area contributed by atoms with Crippen molar-refractivity contribution >= 4 is 245 Å². The number of carboxylic acids is 2. The number of amides is 2. The van der Waals surface area contributed by atoms with Crippen molar-refractivity contribution < 1.29 is 81.3 Å². The molecule has 2 aliphatic rings. The first-order valence-electron chi connectivity index (χ1n) is 16.1. The monoisotopic (exact) mass is 1340 g/mol. The van der Waals surface area contributed by atoms with E-state index in [0.717, 1.165) is 97.1 Å². The van der Waals surface area contributed by atoms with Gasteiger partial charge < -0.3 is 38.0 Å². The van der Waals surface area contributed by atoms with Gasteiger partial charge in [-0.2, -0.15) is 40.7 Å². The fourth-order valence-corrected chi connectivity index (χ4v) is 6.77. The van der Waals surface area contributed by atoms with Crippen molar-refractivity contribution in [3.05, 3.63) is 97.1 Å². The molecule has 0 fully saturated rings. The van der Waals surface area contributed by atoms with Gasteiger partial charge >= 0.3 is 147 Å². The summed E-state index contributed by atoms with van der Waals surface area (Å²) in [5.74, 6) is -5.54. The van der Waals surface area contributed by atoms with E-state index in [0.29, 0.717) is 10.0 Å². The largest absolute Gasteiger partial charge is 2.00 e. The Hall–Kier alpha value is -2.35. The quantitative estimate of drug-likeness (QED) is 0.0778. The number of carboxylic acid groups (broad SMARTS) is 2. The summed E-state index contributed by atoms with van der Waals surface area (Å²) in [4.78, 5) is 45.7. The first-order chi connectivity index (χ1) is 28.8. The van der Waals surface area contributed by atoms with E-state index in [-0.39, 0.29) is 169 Å². The summed E-state index contributed by atoms with van der Waals surface area (Å²) in [5, 5.41) is 45.7. The minimum Gasteiger partial charge on any atom is -0.744 e. The van der Waals surface area contributed by atoms with Gasteiger partial charge in [0.1, 0.15) is 51.9 Å². The molecule has 2 heterocycles. The standard InChI is InChI=1S/2C16H12N4O9S2.3Ba/c2*21-15-13(18-17-9-1-5-11(6-2-9)30(24,25)26)14(16(22)23)19-20(15)10-3-7-12(8-4-10)31(27,28)29;;;/h2*1-8,13H,(H,22,23)(H,24,25,26)(H,27,28,29);;;/q;;3*+2/p-6. The third-order valence-corrected chi connectivity index (χ3v) is 11.2. The Labute approximate surface area is 487 Å². The molecule has 2 aliphatic heterocycles. The molecule has 324 valence electrons. The number of hydrazone groups is 2. The van der Waals surface area contributed by atoms with E-state index in [9.17, 15) is 81.3 Å². The average Bonchev–Trinajstić information content (AvgIpc) is 3.71. The van der Waals surface area contributed by atoms with Crippen LogP contribution in [0, 0.1) is 0 Å². The second-order valence-corrected chi connectivity index (χ2v) is 17.4. The minimum absolute atomic E-state index is 0. The molecular weight excluding hydrogens is 1320 g/mol. The van der Waals surface area contributed by atoms with Crippen LogP contribution in [0.2, 0.25) is 0 Å². The number of carbonyl (C=O) groups is 4. The van der Waals surface area contributed by atoms with Crippen molar-refractivity contribution in [3.8, 4) is 0 Å². The summed E-state index contributed by atoms with van der Waals surface area (Å²) in [6, 6.07) is 12.8. The van der Waals surface area contributed by atoms with Gasteiger partial charge in [-0.3, -0.25) is 9.59 Å². The van der Waals surface area contributed by atoms with E-state index in [1.807, 2.05) is 0 Å². The molecule has 4 aromatic rings. The van der Waals surface area contributed by atoms with E-state index in [1.54, 1.807) is 0 Å². The Balaban J connectivity index is 0.000000427. The van der Waals surface area contributed by atoms with E-state index in [1.165, 1.54) is 0 Å². The zero-order chi connectivity index (χ0) is 45.9. The van der Waals surface area contributed by atoms with E-state index < -0.39 is 107 Å². The molecule has 2 atom stereocenters. The Morgan fingerprint density at radius 3 is 0.892 bits per heavy atom. The van der Waals surface area contributed by atoms with Crippen LogP contribution >= 0.6 is 0 Å². The van der Waals surface area contributed by atoms with Crippen LogP contribution < -0.4 is 20.2 Å². The number of aliphatic carboxylic acids is 2. The third-order valence-electron chi connectivity index (χ3n) is 7.81. The van der Waals surface area contributed by atoms with Crippen LogP contribution in [0.15, 0.2) is 147 Å². The average molecular weight is 1340 g/mol.